The highest BCUT2D eigenvalue weighted by Crippen LogP contribution is 2.10. The SMILES string of the molecule is CC/C=C\C/C=C\C/C=C\C/C=C\C/C=C\C/C=C\C/C=C\C/C=C\C/C=C\C/C=C\C/C=C\CCCCCC(=O)OC(CO)COC(=O)CCCCCCC/C=C\C/C=C\C/C=C\CC. The van der Waals surface area contributed by atoms with Crippen molar-refractivity contribution in [2.75, 3.05) is 13.2 Å². The molecule has 0 fully saturated rings. The maximum absolute atomic E-state index is 12.2. The molecular weight excluding hydrogens is 813 g/mol. The Labute approximate surface area is 404 Å². The molecule has 0 aliphatic rings. The van der Waals surface area contributed by atoms with Crippen molar-refractivity contribution in [3.8, 4) is 0 Å². The number of aliphatic hydroxyl groups is 1. The molecule has 0 aliphatic carbocycles. The monoisotopic (exact) mass is 905 g/mol. The zero-order chi connectivity index (χ0) is 47.7. The van der Waals surface area contributed by atoms with Crippen LogP contribution in [0.1, 0.15) is 181 Å². The molecule has 0 spiro atoms. The summed E-state index contributed by atoms with van der Waals surface area (Å²) in [5.41, 5.74) is 0. The van der Waals surface area contributed by atoms with Gasteiger partial charge < -0.3 is 14.6 Å². The minimum atomic E-state index is -0.810. The Morgan fingerprint density at radius 3 is 0.924 bits per heavy atom. The molecular formula is C61H92O5. The second-order valence-electron chi connectivity index (χ2n) is 16.1. The van der Waals surface area contributed by atoms with Crippen molar-refractivity contribution in [3.63, 3.8) is 0 Å². The van der Waals surface area contributed by atoms with Gasteiger partial charge >= 0.3 is 11.9 Å². The first kappa shape index (κ1) is 61.3. The van der Waals surface area contributed by atoms with Crippen LogP contribution in [0.4, 0.5) is 0 Å². The average Bonchev–Trinajstić information content (AvgIpc) is 3.32. The lowest BCUT2D eigenvalue weighted by atomic mass is 10.1. The lowest BCUT2D eigenvalue weighted by Crippen LogP contribution is -2.28. The molecule has 0 radical (unpaired) electrons. The normalized spacial score (nSPS) is 13.7. The van der Waals surface area contributed by atoms with Gasteiger partial charge in [0.2, 0.25) is 0 Å². The van der Waals surface area contributed by atoms with Crippen LogP contribution in [0.3, 0.4) is 0 Å². The highest BCUT2D eigenvalue weighted by molar-refractivity contribution is 5.70. The molecule has 366 valence electrons. The first-order valence-corrected chi connectivity index (χ1v) is 25.7. The first-order valence-electron chi connectivity index (χ1n) is 25.7. The molecule has 1 atom stereocenters. The molecule has 0 aromatic heterocycles. The van der Waals surface area contributed by atoms with E-state index in [1.165, 1.54) is 0 Å². The lowest BCUT2D eigenvalue weighted by Gasteiger charge is -2.15. The van der Waals surface area contributed by atoms with E-state index in [2.05, 4.69) is 184 Å². The number of aliphatic hydroxyl groups excluding tert-OH is 1. The van der Waals surface area contributed by atoms with Crippen LogP contribution < -0.4 is 0 Å². The molecule has 0 heterocycles. The number of esters is 2. The molecule has 1 N–H and O–H groups in total. The van der Waals surface area contributed by atoms with Crippen LogP contribution >= 0.6 is 0 Å². The van der Waals surface area contributed by atoms with Crippen LogP contribution in [0.25, 0.3) is 0 Å². The van der Waals surface area contributed by atoms with Gasteiger partial charge in [-0.2, -0.15) is 0 Å². The molecule has 0 aliphatic heterocycles. The molecule has 0 bridgehead atoms. The van der Waals surface area contributed by atoms with E-state index in [1.54, 1.807) is 0 Å². The Balaban J connectivity index is 3.72. The van der Waals surface area contributed by atoms with Crippen molar-refractivity contribution >= 4 is 11.9 Å². The number of carbonyl (C=O) groups excluding carboxylic acids is 2. The maximum Gasteiger partial charge on any atom is 0.306 e. The van der Waals surface area contributed by atoms with Crippen LogP contribution in [0, 0.1) is 0 Å². The molecule has 0 aromatic carbocycles. The molecule has 0 saturated heterocycles. The Hall–Kier alpha value is -4.74. The van der Waals surface area contributed by atoms with E-state index in [0.29, 0.717) is 12.8 Å². The number of rotatable bonds is 44. The molecule has 0 saturated carbocycles. The highest BCUT2D eigenvalue weighted by Gasteiger charge is 2.16. The fourth-order valence-electron chi connectivity index (χ4n) is 6.22. The van der Waals surface area contributed by atoms with E-state index in [9.17, 15) is 14.7 Å². The number of hydrogen-bond acceptors (Lipinski definition) is 5. The Morgan fingerprint density at radius 1 is 0.348 bits per heavy atom. The number of hydrogen-bond donors (Lipinski definition) is 1. The number of unbranched alkanes of at least 4 members (excludes halogenated alkanes) is 8. The molecule has 0 amide bonds. The van der Waals surface area contributed by atoms with E-state index in [4.69, 9.17) is 9.47 Å². The summed E-state index contributed by atoms with van der Waals surface area (Å²) in [5.74, 6) is -0.666. The zero-order valence-corrected chi connectivity index (χ0v) is 41.6. The van der Waals surface area contributed by atoms with Crippen molar-refractivity contribution in [3.05, 3.63) is 170 Å². The van der Waals surface area contributed by atoms with Gasteiger partial charge in [0.25, 0.3) is 0 Å². The summed E-state index contributed by atoms with van der Waals surface area (Å²) >= 11 is 0. The Morgan fingerprint density at radius 2 is 0.606 bits per heavy atom. The fourth-order valence-corrected chi connectivity index (χ4v) is 6.22. The Bertz CT molecular complexity index is 1540. The first-order chi connectivity index (χ1) is 32.6. The van der Waals surface area contributed by atoms with Gasteiger partial charge in [0.1, 0.15) is 6.61 Å². The third kappa shape index (κ3) is 51.9. The fraction of sp³-hybridized carbons (Fsp3) is 0.508. The van der Waals surface area contributed by atoms with Gasteiger partial charge in [-0.25, -0.2) is 0 Å². The number of ether oxygens (including phenoxy) is 2. The van der Waals surface area contributed by atoms with Crippen LogP contribution in [0.5, 0.6) is 0 Å². The van der Waals surface area contributed by atoms with Gasteiger partial charge in [-0.3, -0.25) is 9.59 Å². The second kappa shape index (κ2) is 54.6. The van der Waals surface area contributed by atoms with Crippen LogP contribution in [-0.2, 0) is 19.1 Å². The van der Waals surface area contributed by atoms with E-state index >= 15 is 0 Å². The third-order valence-electron chi connectivity index (χ3n) is 10.0. The molecule has 0 aromatic rings. The van der Waals surface area contributed by atoms with Crippen molar-refractivity contribution in [2.24, 2.45) is 0 Å². The smallest absolute Gasteiger partial charge is 0.306 e. The quantitative estimate of drug-likeness (QED) is 0.0375. The second-order valence-corrected chi connectivity index (χ2v) is 16.1. The summed E-state index contributed by atoms with van der Waals surface area (Å²) in [6.45, 7) is 3.84. The highest BCUT2D eigenvalue weighted by atomic mass is 16.6. The zero-order valence-electron chi connectivity index (χ0n) is 41.6. The van der Waals surface area contributed by atoms with E-state index in [1.807, 2.05) is 0 Å². The van der Waals surface area contributed by atoms with Gasteiger partial charge in [0.05, 0.1) is 6.61 Å². The van der Waals surface area contributed by atoms with E-state index < -0.39 is 6.10 Å². The number of carbonyl (C=O) groups is 2. The summed E-state index contributed by atoms with van der Waals surface area (Å²) in [6.07, 6.45) is 85.9. The van der Waals surface area contributed by atoms with Crippen molar-refractivity contribution < 1.29 is 24.2 Å². The van der Waals surface area contributed by atoms with Crippen LogP contribution in [0.2, 0.25) is 0 Å². The van der Waals surface area contributed by atoms with Gasteiger partial charge in [0.15, 0.2) is 6.10 Å². The maximum atomic E-state index is 12.2. The largest absolute Gasteiger partial charge is 0.462 e. The van der Waals surface area contributed by atoms with E-state index in [-0.39, 0.29) is 25.2 Å². The molecule has 1 unspecified atom stereocenters. The van der Waals surface area contributed by atoms with Gasteiger partial charge in [-0.05, 0) is 128 Å². The van der Waals surface area contributed by atoms with Crippen molar-refractivity contribution in [2.45, 2.75) is 187 Å². The standard InChI is InChI=1S/C61H92O5/c1-3-5-7-9-11-13-15-17-19-20-21-22-23-24-25-26-27-28-29-30-31-32-33-34-35-36-37-38-39-40-42-44-46-48-50-52-54-56-61(64)66-59(57-62)58-65-60(63)55-53-51-49-47-45-43-41-18-16-14-12-10-8-6-4-2/h5-8,11-14,17-19,21-22,24-25,27-28,30-31,33-34,36-37,39-41,44,46,59,62H,3-4,9-10,15-16,20,23,26,29,32,35,38,42-43,45,47-58H2,1-2H3/b7-5-,8-6-,13-11-,14-12-,19-17-,22-21-,25-24-,28-27-,31-30-,34-33-,37-36-,40-39-,41-18-,46-44-. The summed E-state index contributed by atoms with van der Waals surface area (Å²) in [7, 11) is 0. The topological polar surface area (TPSA) is 72.8 Å². The predicted octanol–water partition coefficient (Wildman–Crippen LogP) is 17.4. The minimum Gasteiger partial charge on any atom is -0.462 e. The average molecular weight is 905 g/mol. The minimum absolute atomic E-state index is 0.101. The summed E-state index contributed by atoms with van der Waals surface area (Å²) in [4.78, 5) is 24.4. The van der Waals surface area contributed by atoms with Gasteiger partial charge in [-0.1, -0.05) is 210 Å². The summed E-state index contributed by atoms with van der Waals surface area (Å²) < 4.78 is 10.6. The summed E-state index contributed by atoms with van der Waals surface area (Å²) in [6, 6.07) is 0. The van der Waals surface area contributed by atoms with Crippen LogP contribution in [-0.4, -0.2) is 36.4 Å². The molecule has 5 nitrogen and oxygen atoms in total. The van der Waals surface area contributed by atoms with Gasteiger partial charge in [0, 0.05) is 12.8 Å². The summed E-state index contributed by atoms with van der Waals surface area (Å²) in [5, 5.41) is 9.60. The van der Waals surface area contributed by atoms with Gasteiger partial charge in [-0.15, -0.1) is 0 Å². The van der Waals surface area contributed by atoms with Crippen LogP contribution in [0.15, 0.2) is 170 Å². The Kier molecular flexibility index (Phi) is 50.7. The molecule has 66 heavy (non-hydrogen) atoms. The number of allylic oxidation sites excluding steroid dienone is 28. The molecule has 0 rings (SSSR count). The van der Waals surface area contributed by atoms with Crippen molar-refractivity contribution in [1.82, 2.24) is 0 Å². The van der Waals surface area contributed by atoms with E-state index in [0.717, 1.165) is 154 Å². The van der Waals surface area contributed by atoms with Crippen molar-refractivity contribution in [1.29, 1.82) is 0 Å². The molecule has 5 heteroatoms. The lowest BCUT2D eigenvalue weighted by molar-refractivity contribution is -0.161. The third-order valence-corrected chi connectivity index (χ3v) is 10.0. The predicted molar refractivity (Wildman–Crippen MR) is 287 cm³/mol.